The van der Waals surface area contributed by atoms with Crippen molar-refractivity contribution >= 4 is 17.7 Å². The summed E-state index contributed by atoms with van der Waals surface area (Å²) in [6.45, 7) is 3.76. The van der Waals surface area contributed by atoms with Crippen LogP contribution in [0, 0.1) is 0 Å². The fourth-order valence-corrected chi connectivity index (χ4v) is 2.42. The average molecular weight is 322 g/mol. The van der Waals surface area contributed by atoms with Crippen LogP contribution in [0.15, 0.2) is 0 Å². The van der Waals surface area contributed by atoms with Gasteiger partial charge in [0.1, 0.15) is 0 Å². The molecule has 1 N–H and O–H groups in total. The van der Waals surface area contributed by atoms with Crippen molar-refractivity contribution < 1.29 is 28.8 Å². The lowest BCUT2D eigenvalue weighted by atomic mass is 10.2. The minimum Gasteiger partial charge on any atom is -0.479 e. The van der Waals surface area contributed by atoms with Gasteiger partial charge in [0.05, 0.1) is 33.0 Å². The van der Waals surface area contributed by atoms with Gasteiger partial charge >= 0.3 is 5.97 Å². The zero-order valence-electron chi connectivity index (χ0n) is 12.5. The van der Waals surface area contributed by atoms with Crippen LogP contribution in [0.5, 0.6) is 0 Å². The molecule has 0 aromatic heterocycles. The lowest BCUT2D eigenvalue weighted by Crippen LogP contribution is -2.30. The molecule has 0 spiro atoms. The fourth-order valence-electron chi connectivity index (χ4n) is 1.75. The SMILES string of the molecule is O=C(O)C1COCCSCCOCCOCCCCCO1. The van der Waals surface area contributed by atoms with Gasteiger partial charge in [0.15, 0.2) is 6.10 Å². The maximum atomic E-state index is 11.0. The van der Waals surface area contributed by atoms with Gasteiger partial charge < -0.3 is 24.1 Å². The van der Waals surface area contributed by atoms with Gasteiger partial charge in [-0.15, -0.1) is 0 Å². The van der Waals surface area contributed by atoms with Gasteiger partial charge in [0, 0.05) is 24.7 Å². The summed E-state index contributed by atoms with van der Waals surface area (Å²) in [7, 11) is 0. The van der Waals surface area contributed by atoms with E-state index in [1.807, 2.05) is 0 Å². The molecule has 7 heteroatoms. The molecule has 0 aromatic rings. The smallest absolute Gasteiger partial charge is 0.335 e. The molecule has 6 nitrogen and oxygen atoms in total. The van der Waals surface area contributed by atoms with Crippen LogP contribution in [0.1, 0.15) is 19.3 Å². The Morgan fingerprint density at radius 3 is 2.29 bits per heavy atom. The minimum absolute atomic E-state index is 0.107. The third kappa shape index (κ3) is 11.0. The number of carbonyl (C=O) groups is 1. The van der Waals surface area contributed by atoms with E-state index in [-0.39, 0.29) is 6.61 Å². The van der Waals surface area contributed by atoms with Crippen LogP contribution in [-0.4, -0.2) is 74.9 Å². The van der Waals surface area contributed by atoms with Crippen molar-refractivity contribution in [3.63, 3.8) is 0 Å². The largest absolute Gasteiger partial charge is 0.479 e. The highest BCUT2D eigenvalue weighted by Gasteiger charge is 2.17. The average Bonchev–Trinajstić information content (AvgIpc) is 2.47. The van der Waals surface area contributed by atoms with Crippen LogP contribution in [0.2, 0.25) is 0 Å². The van der Waals surface area contributed by atoms with Crippen LogP contribution < -0.4 is 0 Å². The van der Waals surface area contributed by atoms with Crippen molar-refractivity contribution in [1.29, 1.82) is 0 Å². The van der Waals surface area contributed by atoms with Gasteiger partial charge in [0.2, 0.25) is 0 Å². The summed E-state index contributed by atoms with van der Waals surface area (Å²) < 4.78 is 21.6. The molecule has 1 fully saturated rings. The highest BCUT2D eigenvalue weighted by Crippen LogP contribution is 2.03. The molecule has 0 radical (unpaired) electrons. The summed E-state index contributed by atoms with van der Waals surface area (Å²) in [5.74, 6) is 0.766. The number of hydrogen-bond donors (Lipinski definition) is 1. The predicted molar refractivity (Wildman–Crippen MR) is 81.0 cm³/mol. The lowest BCUT2D eigenvalue weighted by Gasteiger charge is -2.14. The molecule has 0 aliphatic carbocycles. The molecule has 124 valence electrons. The second-order valence-corrected chi connectivity index (χ2v) is 5.90. The topological polar surface area (TPSA) is 74.2 Å². The summed E-state index contributed by atoms with van der Waals surface area (Å²) in [6.07, 6.45) is 1.88. The molecule has 1 heterocycles. The standard InChI is InChI=1S/C14H26O6S/c15-14(16)13-12-19-9-11-21-10-8-18-7-6-17-4-2-1-3-5-20-13/h13H,1-12H2,(H,15,16). The third-order valence-electron chi connectivity index (χ3n) is 2.91. The first-order valence-electron chi connectivity index (χ1n) is 7.46. The molecule has 0 aromatic carbocycles. The Morgan fingerprint density at radius 1 is 0.857 bits per heavy atom. The van der Waals surface area contributed by atoms with Crippen LogP contribution >= 0.6 is 11.8 Å². The normalized spacial score (nSPS) is 25.6. The molecule has 1 unspecified atom stereocenters. The van der Waals surface area contributed by atoms with Crippen molar-refractivity contribution in [3.05, 3.63) is 0 Å². The maximum absolute atomic E-state index is 11.0. The summed E-state index contributed by atoms with van der Waals surface area (Å²) in [6, 6.07) is 0. The van der Waals surface area contributed by atoms with Gasteiger partial charge in [-0.2, -0.15) is 11.8 Å². The number of ether oxygens (including phenoxy) is 4. The van der Waals surface area contributed by atoms with Crippen molar-refractivity contribution in [2.75, 3.05) is 57.8 Å². The lowest BCUT2D eigenvalue weighted by molar-refractivity contribution is -0.154. The zero-order valence-corrected chi connectivity index (χ0v) is 13.3. The molecule has 0 amide bonds. The van der Waals surface area contributed by atoms with Crippen LogP contribution in [-0.2, 0) is 23.7 Å². The van der Waals surface area contributed by atoms with Crippen molar-refractivity contribution in [2.24, 2.45) is 0 Å². The molecule has 0 bridgehead atoms. The number of aliphatic carboxylic acids is 1. The van der Waals surface area contributed by atoms with Gasteiger partial charge in [-0.1, -0.05) is 0 Å². The Balaban J connectivity index is 2.23. The van der Waals surface area contributed by atoms with E-state index in [2.05, 4.69) is 0 Å². The van der Waals surface area contributed by atoms with Crippen molar-refractivity contribution in [2.45, 2.75) is 25.4 Å². The van der Waals surface area contributed by atoms with Gasteiger partial charge in [-0.05, 0) is 19.3 Å². The Labute approximate surface area is 130 Å². The van der Waals surface area contributed by atoms with Crippen LogP contribution in [0.25, 0.3) is 0 Å². The Hall–Kier alpha value is -0.340. The molecular weight excluding hydrogens is 296 g/mol. The Morgan fingerprint density at radius 2 is 1.52 bits per heavy atom. The van der Waals surface area contributed by atoms with Gasteiger partial charge in [-0.25, -0.2) is 4.79 Å². The quantitative estimate of drug-likeness (QED) is 0.782. The summed E-state index contributed by atoms with van der Waals surface area (Å²) in [5.41, 5.74) is 0. The highest BCUT2D eigenvalue weighted by molar-refractivity contribution is 7.99. The third-order valence-corrected chi connectivity index (χ3v) is 3.82. The number of thioether (sulfide) groups is 1. The predicted octanol–water partition coefficient (Wildman–Crippen LogP) is 1.42. The second kappa shape index (κ2) is 13.3. The summed E-state index contributed by atoms with van der Waals surface area (Å²) in [5, 5.41) is 9.05. The first-order valence-corrected chi connectivity index (χ1v) is 8.61. The van der Waals surface area contributed by atoms with E-state index in [0.29, 0.717) is 39.6 Å². The van der Waals surface area contributed by atoms with E-state index in [9.17, 15) is 4.79 Å². The van der Waals surface area contributed by atoms with E-state index in [4.69, 9.17) is 24.1 Å². The second-order valence-electron chi connectivity index (χ2n) is 4.67. The van der Waals surface area contributed by atoms with Crippen molar-refractivity contribution in [3.8, 4) is 0 Å². The fraction of sp³-hybridized carbons (Fsp3) is 0.929. The highest BCUT2D eigenvalue weighted by atomic mass is 32.2. The van der Waals surface area contributed by atoms with Crippen LogP contribution in [0.3, 0.4) is 0 Å². The molecule has 1 atom stereocenters. The molecule has 1 saturated heterocycles. The minimum atomic E-state index is -0.964. The van der Waals surface area contributed by atoms with Crippen LogP contribution in [0.4, 0.5) is 0 Å². The monoisotopic (exact) mass is 322 g/mol. The summed E-state index contributed by atoms with van der Waals surface area (Å²) in [4.78, 5) is 11.0. The molecule has 1 rings (SSSR count). The Kier molecular flexibility index (Phi) is 11.9. The van der Waals surface area contributed by atoms with E-state index in [0.717, 1.165) is 30.8 Å². The number of carboxylic acids is 1. The first-order chi connectivity index (χ1) is 10.3. The van der Waals surface area contributed by atoms with E-state index >= 15 is 0 Å². The van der Waals surface area contributed by atoms with E-state index in [1.165, 1.54) is 0 Å². The van der Waals surface area contributed by atoms with Crippen molar-refractivity contribution in [1.82, 2.24) is 0 Å². The Bertz CT molecular complexity index is 246. The number of carboxylic acid groups (broad SMARTS) is 1. The van der Waals surface area contributed by atoms with E-state index in [1.54, 1.807) is 11.8 Å². The van der Waals surface area contributed by atoms with E-state index < -0.39 is 12.1 Å². The molecular formula is C14H26O6S. The molecule has 21 heavy (non-hydrogen) atoms. The maximum Gasteiger partial charge on any atom is 0.335 e. The number of hydrogen-bond acceptors (Lipinski definition) is 6. The molecule has 1 aliphatic heterocycles. The molecule has 0 saturated carbocycles. The van der Waals surface area contributed by atoms with Gasteiger partial charge in [-0.3, -0.25) is 0 Å². The first kappa shape index (κ1) is 18.7. The molecule has 1 aliphatic rings. The number of rotatable bonds is 1. The summed E-state index contributed by atoms with van der Waals surface area (Å²) >= 11 is 1.73. The zero-order chi connectivity index (χ0) is 15.2. The van der Waals surface area contributed by atoms with Gasteiger partial charge in [0.25, 0.3) is 0 Å².